The Hall–Kier alpha value is -3.91. The van der Waals surface area contributed by atoms with Gasteiger partial charge in [0.1, 0.15) is 17.2 Å². The van der Waals surface area contributed by atoms with Crippen LogP contribution >= 0.6 is 0 Å². The molecule has 0 bridgehead atoms. The highest BCUT2D eigenvalue weighted by Crippen LogP contribution is 2.24. The number of rotatable bonds is 6. The number of methoxy groups -OCH3 is 1. The minimum Gasteiger partial charge on any atom is -0.497 e. The number of amides is 1. The smallest absolute Gasteiger partial charge is 0.257 e. The van der Waals surface area contributed by atoms with Crippen LogP contribution in [0, 0.1) is 5.92 Å². The Kier molecular flexibility index (Phi) is 6.40. The summed E-state index contributed by atoms with van der Waals surface area (Å²) in [5.74, 6) is 1.39. The standard InChI is InChI=1S/C26H27N5O3/c1-33-22-5-2-4-21(15-22)29-25-23(6-3-9-28-25)26(32)31-12-13-34-18-20(17-31)14-19-7-8-24-27-10-11-30(24)16-19/h2-11,15-16,20H,12-14,17-18H2,1H3,(H,28,29). The first-order valence-corrected chi connectivity index (χ1v) is 11.3. The first-order chi connectivity index (χ1) is 16.7. The lowest BCUT2D eigenvalue weighted by Gasteiger charge is -2.24. The fourth-order valence-corrected chi connectivity index (χ4v) is 4.29. The third kappa shape index (κ3) is 4.87. The second-order valence-electron chi connectivity index (χ2n) is 8.38. The van der Waals surface area contributed by atoms with Gasteiger partial charge in [0.15, 0.2) is 0 Å². The van der Waals surface area contributed by atoms with Gasteiger partial charge in [0.2, 0.25) is 0 Å². The van der Waals surface area contributed by atoms with Crippen LogP contribution in [0.25, 0.3) is 5.65 Å². The summed E-state index contributed by atoms with van der Waals surface area (Å²) in [7, 11) is 1.63. The molecule has 174 valence electrons. The van der Waals surface area contributed by atoms with Crippen LogP contribution in [0.5, 0.6) is 5.75 Å². The fourth-order valence-electron chi connectivity index (χ4n) is 4.29. The average Bonchev–Trinajstić information content (AvgIpc) is 3.21. The highest BCUT2D eigenvalue weighted by atomic mass is 16.5. The van der Waals surface area contributed by atoms with E-state index in [9.17, 15) is 4.79 Å². The van der Waals surface area contributed by atoms with Crippen LogP contribution in [0.15, 0.2) is 73.3 Å². The van der Waals surface area contributed by atoms with Crippen molar-refractivity contribution >= 4 is 23.1 Å². The molecule has 5 rings (SSSR count). The zero-order valence-corrected chi connectivity index (χ0v) is 19.1. The average molecular weight is 458 g/mol. The number of fused-ring (bicyclic) bond motifs is 1. The van der Waals surface area contributed by atoms with Crippen molar-refractivity contribution in [3.63, 3.8) is 0 Å². The molecule has 4 heterocycles. The summed E-state index contributed by atoms with van der Waals surface area (Å²) in [6.45, 7) is 2.30. The van der Waals surface area contributed by atoms with Crippen LogP contribution in [-0.2, 0) is 11.2 Å². The number of anilines is 2. The zero-order valence-electron chi connectivity index (χ0n) is 19.1. The monoisotopic (exact) mass is 457 g/mol. The number of carbonyl (C=O) groups excluding carboxylic acids is 1. The van der Waals surface area contributed by atoms with Crippen molar-refractivity contribution in [3.8, 4) is 5.75 Å². The molecule has 1 aliphatic rings. The summed E-state index contributed by atoms with van der Waals surface area (Å²) in [6.07, 6.45) is 8.33. The lowest BCUT2D eigenvalue weighted by Crippen LogP contribution is -2.36. The Bertz CT molecular complexity index is 1290. The van der Waals surface area contributed by atoms with Gasteiger partial charge in [-0.25, -0.2) is 9.97 Å². The molecule has 1 atom stereocenters. The van der Waals surface area contributed by atoms with E-state index >= 15 is 0 Å². The maximum atomic E-state index is 13.6. The Morgan fingerprint density at radius 3 is 3.03 bits per heavy atom. The normalized spacial score (nSPS) is 16.3. The Morgan fingerprint density at radius 1 is 1.18 bits per heavy atom. The number of ether oxygens (including phenoxy) is 2. The van der Waals surface area contributed by atoms with E-state index in [1.54, 1.807) is 25.6 Å². The highest BCUT2D eigenvalue weighted by Gasteiger charge is 2.25. The molecule has 1 aliphatic heterocycles. The topological polar surface area (TPSA) is 81.0 Å². The number of aromatic nitrogens is 3. The quantitative estimate of drug-likeness (QED) is 0.474. The van der Waals surface area contributed by atoms with Gasteiger partial charge in [-0.2, -0.15) is 0 Å². The number of benzene rings is 1. The number of nitrogens with one attached hydrogen (secondary N) is 1. The maximum Gasteiger partial charge on any atom is 0.257 e. The number of nitrogens with zero attached hydrogens (tertiary/aromatic N) is 4. The van der Waals surface area contributed by atoms with Crippen LogP contribution in [0.4, 0.5) is 11.5 Å². The predicted molar refractivity (Wildman–Crippen MR) is 130 cm³/mol. The van der Waals surface area contributed by atoms with Crippen molar-refractivity contribution in [2.45, 2.75) is 6.42 Å². The number of carbonyl (C=O) groups is 1. The fraction of sp³-hybridized carbons (Fsp3) is 0.269. The molecule has 1 saturated heterocycles. The van der Waals surface area contributed by atoms with Gasteiger partial charge in [0.05, 0.1) is 25.9 Å². The van der Waals surface area contributed by atoms with Crippen molar-refractivity contribution in [1.29, 1.82) is 0 Å². The summed E-state index contributed by atoms with van der Waals surface area (Å²) in [5.41, 5.74) is 3.45. The van der Waals surface area contributed by atoms with E-state index in [4.69, 9.17) is 9.47 Å². The van der Waals surface area contributed by atoms with Crippen LogP contribution in [-0.4, -0.2) is 58.6 Å². The predicted octanol–water partition coefficient (Wildman–Crippen LogP) is 3.81. The largest absolute Gasteiger partial charge is 0.497 e. The van der Waals surface area contributed by atoms with E-state index in [0.29, 0.717) is 37.7 Å². The molecule has 1 unspecified atom stereocenters. The third-order valence-electron chi connectivity index (χ3n) is 5.97. The molecule has 8 nitrogen and oxygen atoms in total. The van der Waals surface area contributed by atoms with E-state index in [1.165, 1.54) is 5.56 Å². The van der Waals surface area contributed by atoms with Crippen molar-refractivity contribution in [2.24, 2.45) is 5.92 Å². The zero-order chi connectivity index (χ0) is 23.3. The lowest BCUT2D eigenvalue weighted by atomic mass is 10.0. The molecule has 0 saturated carbocycles. The van der Waals surface area contributed by atoms with Crippen LogP contribution in [0.2, 0.25) is 0 Å². The summed E-state index contributed by atoms with van der Waals surface area (Å²) in [6, 6.07) is 15.3. The lowest BCUT2D eigenvalue weighted by molar-refractivity contribution is 0.0738. The molecule has 1 fully saturated rings. The van der Waals surface area contributed by atoms with Gasteiger partial charge < -0.3 is 24.1 Å². The Balaban J connectivity index is 1.33. The van der Waals surface area contributed by atoms with Crippen LogP contribution < -0.4 is 10.1 Å². The molecular formula is C26H27N5O3. The third-order valence-corrected chi connectivity index (χ3v) is 5.97. The van der Waals surface area contributed by atoms with Gasteiger partial charge in [-0.15, -0.1) is 0 Å². The van der Waals surface area contributed by atoms with Crippen LogP contribution in [0.3, 0.4) is 0 Å². The Morgan fingerprint density at radius 2 is 2.12 bits per heavy atom. The molecule has 1 N–H and O–H groups in total. The van der Waals surface area contributed by atoms with Gasteiger partial charge in [-0.1, -0.05) is 12.1 Å². The summed E-state index contributed by atoms with van der Waals surface area (Å²) in [5, 5.41) is 3.27. The van der Waals surface area contributed by atoms with E-state index in [-0.39, 0.29) is 11.8 Å². The minimum absolute atomic E-state index is 0.0564. The van der Waals surface area contributed by atoms with Gasteiger partial charge in [-0.3, -0.25) is 4.79 Å². The number of hydrogen-bond donors (Lipinski definition) is 1. The second kappa shape index (κ2) is 9.93. The molecule has 34 heavy (non-hydrogen) atoms. The Labute approximate surface area is 198 Å². The second-order valence-corrected chi connectivity index (χ2v) is 8.38. The van der Waals surface area contributed by atoms with E-state index in [2.05, 4.69) is 27.5 Å². The van der Waals surface area contributed by atoms with E-state index in [0.717, 1.165) is 23.5 Å². The van der Waals surface area contributed by atoms with Gasteiger partial charge in [0.25, 0.3) is 5.91 Å². The van der Waals surface area contributed by atoms with Crippen molar-refractivity contribution in [2.75, 3.05) is 38.7 Å². The minimum atomic E-state index is -0.0564. The molecule has 4 aromatic rings. The summed E-state index contributed by atoms with van der Waals surface area (Å²) >= 11 is 0. The molecule has 1 amide bonds. The van der Waals surface area contributed by atoms with Gasteiger partial charge in [0, 0.05) is 55.5 Å². The molecule has 8 heteroatoms. The molecule has 0 aliphatic carbocycles. The molecular weight excluding hydrogens is 430 g/mol. The first kappa shape index (κ1) is 21.9. The number of hydrogen-bond acceptors (Lipinski definition) is 6. The molecule has 0 spiro atoms. The van der Waals surface area contributed by atoms with Gasteiger partial charge >= 0.3 is 0 Å². The number of imidazole rings is 1. The molecule has 1 aromatic carbocycles. The summed E-state index contributed by atoms with van der Waals surface area (Å²) in [4.78, 5) is 24.2. The van der Waals surface area contributed by atoms with Gasteiger partial charge in [-0.05, 0) is 42.3 Å². The summed E-state index contributed by atoms with van der Waals surface area (Å²) < 4.78 is 13.2. The van der Waals surface area contributed by atoms with E-state index < -0.39 is 0 Å². The van der Waals surface area contributed by atoms with Crippen molar-refractivity contribution in [3.05, 3.63) is 84.4 Å². The van der Waals surface area contributed by atoms with Crippen molar-refractivity contribution in [1.82, 2.24) is 19.3 Å². The highest BCUT2D eigenvalue weighted by molar-refractivity contribution is 5.99. The van der Waals surface area contributed by atoms with Crippen LogP contribution in [0.1, 0.15) is 15.9 Å². The molecule has 0 radical (unpaired) electrons. The number of pyridine rings is 2. The molecule has 3 aromatic heterocycles. The van der Waals surface area contributed by atoms with Crippen molar-refractivity contribution < 1.29 is 14.3 Å². The SMILES string of the molecule is COc1cccc(Nc2ncccc2C(=O)N2CCOCC(Cc3ccc4nccn4c3)C2)c1. The van der Waals surface area contributed by atoms with E-state index in [1.807, 2.05) is 51.9 Å². The maximum absolute atomic E-state index is 13.6. The first-order valence-electron chi connectivity index (χ1n) is 11.3.